The van der Waals surface area contributed by atoms with E-state index in [0.29, 0.717) is 12.6 Å². The zero-order chi connectivity index (χ0) is 12.7. The molecule has 0 aromatic heterocycles. The van der Waals surface area contributed by atoms with E-state index in [4.69, 9.17) is 9.84 Å². The Balaban J connectivity index is 2.21. The van der Waals surface area contributed by atoms with Gasteiger partial charge in [-0.1, -0.05) is 6.42 Å². The van der Waals surface area contributed by atoms with Crippen LogP contribution in [0.5, 0.6) is 0 Å². The molecule has 0 aromatic rings. The fourth-order valence-electron chi connectivity index (χ4n) is 1.81. The monoisotopic (exact) mass is 244 g/mol. The van der Waals surface area contributed by atoms with E-state index in [1.807, 2.05) is 0 Å². The minimum absolute atomic E-state index is 0.00704. The van der Waals surface area contributed by atoms with Crippen molar-refractivity contribution in [3.63, 3.8) is 0 Å². The van der Waals surface area contributed by atoms with E-state index >= 15 is 0 Å². The average molecular weight is 244 g/mol. The first-order chi connectivity index (χ1) is 8.09. The van der Waals surface area contributed by atoms with Crippen molar-refractivity contribution in [2.24, 2.45) is 0 Å². The zero-order valence-corrected chi connectivity index (χ0v) is 10.1. The molecule has 1 rings (SSSR count). The van der Waals surface area contributed by atoms with Gasteiger partial charge in [-0.05, 0) is 19.4 Å². The molecule has 0 radical (unpaired) electrons. The Morgan fingerprint density at radius 2 is 2.29 bits per heavy atom. The summed E-state index contributed by atoms with van der Waals surface area (Å²) in [7, 11) is 0. The van der Waals surface area contributed by atoms with Crippen molar-refractivity contribution >= 4 is 11.9 Å². The van der Waals surface area contributed by atoms with Crippen LogP contribution in [-0.2, 0) is 14.3 Å². The molecule has 1 aliphatic rings. The Kier molecular flexibility index (Phi) is 5.93. The average Bonchev–Trinajstić information content (AvgIpc) is 2.28. The third kappa shape index (κ3) is 5.65. The van der Waals surface area contributed by atoms with Crippen LogP contribution < -0.4 is 10.6 Å². The topological polar surface area (TPSA) is 87.7 Å². The number of carbonyl (C=O) groups is 2. The Bertz CT molecular complexity index is 264. The van der Waals surface area contributed by atoms with Gasteiger partial charge in [-0.15, -0.1) is 0 Å². The number of nitrogens with one attached hydrogen (secondary N) is 2. The first kappa shape index (κ1) is 13.9. The molecule has 0 spiro atoms. The summed E-state index contributed by atoms with van der Waals surface area (Å²) in [5.41, 5.74) is 0. The van der Waals surface area contributed by atoms with Gasteiger partial charge in [0.15, 0.2) is 6.04 Å². The highest BCUT2D eigenvalue weighted by Crippen LogP contribution is 2.07. The molecule has 1 fully saturated rings. The van der Waals surface area contributed by atoms with E-state index in [0.717, 1.165) is 13.0 Å². The normalized spacial score (nSPS) is 21.8. The van der Waals surface area contributed by atoms with Gasteiger partial charge in [-0.25, -0.2) is 4.79 Å². The van der Waals surface area contributed by atoms with Crippen molar-refractivity contribution in [3.8, 4) is 0 Å². The Morgan fingerprint density at radius 3 is 2.82 bits per heavy atom. The number of amides is 1. The predicted octanol–water partition coefficient (Wildman–Crippen LogP) is -0.266. The largest absolute Gasteiger partial charge is 0.480 e. The van der Waals surface area contributed by atoms with E-state index in [-0.39, 0.29) is 12.5 Å². The smallest absolute Gasteiger partial charge is 0.328 e. The number of carboxylic acid groups (broad SMARTS) is 1. The van der Waals surface area contributed by atoms with Crippen LogP contribution in [0.1, 0.15) is 26.2 Å². The third-order valence-electron chi connectivity index (χ3n) is 2.69. The second kappa shape index (κ2) is 7.24. The number of hydrogen-bond donors (Lipinski definition) is 3. The van der Waals surface area contributed by atoms with Gasteiger partial charge < -0.3 is 20.5 Å². The van der Waals surface area contributed by atoms with Gasteiger partial charge in [0.05, 0.1) is 13.2 Å². The second-order valence-electron chi connectivity index (χ2n) is 4.28. The standard InChI is InChI=1S/C11H20N2O4/c1-8(14)13-10(11(15)16)7-17-6-9-4-2-3-5-12-9/h9-10,12H,2-7H2,1H3,(H,13,14)(H,15,16). The van der Waals surface area contributed by atoms with Crippen LogP contribution in [0.4, 0.5) is 0 Å². The predicted molar refractivity (Wildman–Crippen MR) is 61.7 cm³/mol. The van der Waals surface area contributed by atoms with Gasteiger partial charge in [-0.2, -0.15) is 0 Å². The molecule has 1 saturated heterocycles. The SMILES string of the molecule is CC(=O)NC(COCC1CCCCN1)C(=O)O. The molecule has 0 aromatic carbocycles. The lowest BCUT2D eigenvalue weighted by molar-refractivity contribution is -0.143. The number of carbonyl (C=O) groups excluding carboxylic acids is 1. The van der Waals surface area contributed by atoms with Crippen LogP contribution in [0.15, 0.2) is 0 Å². The van der Waals surface area contributed by atoms with E-state index in [1.54, 1.807) is 0 Å². The quantitative estimate of drug-likeness (QED) is 0.599. The van der Waals surface area contributed by atoms with Crippen molar-refractivity contribution < 1.29 is 19.4 Å². The highest BCUT2D eigenvalue weighted by atomic mass is 16.5. The number of rotatable bonds is 6. The van der Waals surface area contributed by atoms with Crippen LogP contribution in [0.3, 0.4) is 0 Å². The van der Waals surface area contributed by atoms with Crippen LogP contribution in [0.2, 0.25) is 0 Å². The van der Waals surface area contributed by atoms with Crippen molar-refractivity contribution in [1.82, 2.24) is 10.6 Å². The molecule has 98 valence electrons. The lowest BCUT2D eigenvalue weighted by atomic mass is 10.1. The summed E-state index contributed by atoms with van der Waals surface area (Å²) in [5.74, 6) is -1.44. The zero-order valence-electron chi connectivity index (χ0n) is 10.1. The summed E-state index contributed by atoms with van der Waals surface area (Å²) in [6.07, 6.45) is 3.41. The minimum Gasteiger partial charge on any atom is -0.480 e. The van der Waals surface area contributed by atoms with Crippen LogP contribution >= 0.6 is 0 Å². The molecule has 0 bridgehead atoms. The lowest BCUT2D eigenvalue weighted by Gasteiger charge is -2.24. The highest BCUT2D eigenvalue weighted by molar-refractivity contribution is 5.82. The number of ether oxygens (including phenoxy) is 1. The maximum Gasteiger partial charge on any atom is 0.328 e. The van der Waals surface area contributed by atoms with Crippen LogP contribution in [-0.4, -0.2) is 48.8 Å². The van der Waals surface area contributed by atoms with Crippen LogP contribution in [0, 0.1) is 0 Å². The van der Waals surface area contributed by atoms with Gasteiger partial charge in [0.1, 0.15) is 0 Å². The summed E-state index contributed by atoms with van der Waals surface area (Å²) >= 11 is 0. The van der Waals surface area contributed by atoms with E-state index in [1.165, 1.54) is 19.8 Å². The molecule has 0 saturated carbocycles. The number of hydrogen-bond acceptors (Lipinski definition) is 4. The first-order valence-corrected chi connectivity index (χ1v) is 5.90. The summed E-state index contributed by atoms with van der Waals surface area (Å²) in [5, 5.41) is 14.5. The molecule has 3 N–H and O–H groups in total. The minimum atomic E-state index is -1.07. The molecule has 1 heterocycles. The molecule has 1 aliphatic heterocycles. The maximum atomic E-state index is 10.8. The van der Waals surface area contributed by atoms with E-state index < -0.39 is 12.0 Å². The summed E-state index contributed by atoms with van der Waals surface area (Å²) in [6.45, 7) is 2.77. The fourth-order valence-corrected chi connectivity index (χ4v) is 1.81. The number of piperidine rings is 1. The summed E-state index contributed by atoms with van der Waals surface area (Å²) in [4.78, 5) is 21.6. The Hall–Kier alpha value is -1.14. The Morgan fingerprint density at radius 1 is 1.53 bits per heavy atom. The second-order valence-corrected chi connectivity index (χ2v) is 4.28. The molecule has 1 amide bonds. The third-order valence-corrected chi connectivity index (χ3v) is 2.69. The maximum absolute atomic E-state index is 10.8. The van der Waals surface area contributed by atoms with Crippen molar-refractivity contribution in [1.29, 1.82) is 0 Å². The first-order valence-electron chi connectivity index (χ1n) is 5.90. The summed E-state index contributed by atoms with van der Waals surface area (Å²) < 4.78 is 5.34. The number of carboxylic acids is 1. The molecular weight excluding hydrogens is 224 g/mol. The van der Waals surface area contributed by atoms with Gasteiger partial charge in [0, 0.05) is 13.0 Å². The van der Waals surface area contributed by atoms with Gasteiger partial charge in [-0.3, -0.25) is 4.79 Å². The van der Waals surface area contributed by atoms with Gasteiger partial charge >= 0.3 is 5.97 Å². The fraction of sp³-hybridized carbons (Fsp3) is 0.818. The van der Waals surface area contributed by atoms with Crippen molar-refractivity contribution in [2.45, 2.75) is 38.3 Å². The number of aliphatic carboxylic acids is 1. The van der Waals surface area contributed by atoms with Gasteiger partial charge in [0.2, 0.25) is 5.91 Å². The summed E-state index contributed by atoms with van der Waals surface area (Å²) in [6, 6.07) is -0.661. The molecule has 0 aliphatic carbocycles. The highest BCUT2D eigenvalue weighted by Gasteiger charge is 2.19. The molecule has 6 heteroatoms. The molecule has 2 unspecified atom stereocenters. The van der Waals surface area contributed by atoms with E-state index in [9.17, 15) is 9.59 Å². The van der Waals surface area contributed by atoms with Crippen molar-refractivity contribution in [3.05, 3.63) is 0 Å². The molecule has 17 heavy (non-hydrogen) atoms. The lowest BCUT2D eigenvalue weighted by Crippen LogP contribution is -2.44. The van der Waals surface area contributed by atoms with Crippen molar-refractivity contribution in [2.75, 3.05) is 19.8 Å². The van der Waals surface area contributed by atoms with Crippen LogP contribution in [0.25, 0.3) is 0 Å². The van der Waals surface area contributed by atoms with E-state index in [2.05, 4.69) is 10.6 Å². The molecule has 6 nitrogen and oxygen atoms in total. The Labute approximate surface area is 101 Å². The van der Waals surface area contributed by atoms with Gasteiger partial charge in [0.25, 0.3) is 0 Å². The molecule has 2 atom stereocenters. The molecular formula is C11H20N2O4.